The van der Waals surface area contributed by atoms with Gasteiger partial charge in [-0.15, -0.1) is 0 Å². The van der Waals surface area contributed by atoms with Gasteiger partial charge in [0.2, 0.25) is 0 Å². The Hall–Kier alpha value is -0.870. The molecule has 2 nitrogen and oxygen atoms in total. The molecule has 0 saturated carbocycles. The van der Waals surface area contributed by atoms with Crippen LogP contribution in [0.3, 0.4) is 0 Å². The van der Waals surface area contributed by atoms with Crippen LogP contribution in [0.5, 0.6) is 0 Å². The summed E-state index contributed by atoms with van der Waals surface area (Å²) in [7, 11) is 0. The SMILES string of the molecule is OCc1ccc(CNCc2ccc(Br)c(Cl)c2)cc1. The number of halogens is 2. The summed E-state index contributed by atoms with van der Waals surface area (Å²) in [6.45, 7) is 1.65. The summed E-state index contributed by atoms with van der Waals surface area (Å²) in [5.74, 6) is 0. The van der Waals surface area contributed by atoms with Gasteiger partial charge in [0.25, 0.3) is 0 Å². The second-order valence-corrected chi connectivity index (χ2v) is 5.59. The largest absolute Gasteiger partial charge is 0.392 e. The molecule has 0 bridgehead atoms. The first-order chi connectivity index (χ1) is 9.19. The van der Waals surface area contributed by atoms with Crippen molar-refractivity contribution >= 4 is 27.5 Å². The number of benzene rings is 2. The molecule has 2 aromatic rings. The minimum absolute atomic E-state index is 0.0884. The van der Waals surface area contributed by atoms with E-state index in [0.29, 0.717) is 0 Å². The van der Waals surface area contributed by atoms with Crippen molar-refractivity contribution in [3.05, 3.63) is 68.7 Å². The number of aliphatic hydroxyl groups is 1. The van der Waals surface area contributed by atoms with Crippen LogP contribution in [0.2, 0.25) is 5.02 Å². The lowest BCUT2D eigenvalue weighted by Crippen LogP contribution is -2.12. The quantitative estimate of drug-likeness (QED) is 0.865. The summed E-state index contributed by atoms with van der Waals surface area (Å²) in [5, 5.41) is 13.1. The number of rotatable bonds is 5. The Morgan fingerprint density at radius 1 is 0.947 bits per heavy atom. The first kappa shape index (κ1) is 14.5. The minimum Gasteiger partial charge on any atom is -0.392 e. The Labute approximate surface area is 126 Å². The molecule has 0 aliphatic rings. The molecule has 4 heteroatoms. The van der Waals surface area contributed by atoms with Gasteiger partial charge in [0.05, 0.1) is 11.6 Å². The highest BCUT2D eigenvalue weighted by Crippen LogP contribution is 2.23. The maximum Gasteiger partial charge on any atom is 0.0681 e. The maximum absolute atomic E-state index is 8.97. The van der Waals surface area contributed by atoms with Crippen molar-refractivity contribution < 1.29 is 5.11 Å². The smallest absolute Gasteiger partial charge is 0.0681 e. The molecule has 0 fully saturated rings. The zero-order valence-electron chi connectivity index (χ0n) is 10.4. The first-order valence-corrected chi connectivity index (χ1v) is 7.19. The Bertz CT molecular complexity index is 542. The van der Waals surface area contributed by atoms with Gasteiger partial charge in [0.15, 0.2) is 0 Å². The molecule has 0 saturated heterocycles. The lowest BCUT2D eigenvalue weighted by Gasteiger charge is -2.07. The van der Waals surface area contributed by atoms with Gasteiger partial charge in [-0.1, -0.05) is 41.9 Å². The fourth-order valence-corrected chi connectivity index (χ4v) is 2.21. The summed E-state index contributed by atoms with van der Waals surface area (Å²) in [6.07, 6.45) is 0. The molecule has 0 aromatic heterocycles. The predicted molar refractivity (Wildman–Crippen MR) is 82.1 cm³/mol. The Kier molecular flexibility index (Phi) is 5.40. The lowest BCUT2D eigenvalue weighted by atomic mass is 10.1. The number of aliphatic hydroxyl groups excluding tert-OH is 1. The van der Waals surface area contributed by atoms with Gasteiger partial charge in [-0.05, 0) is 44.8 Å². The van der Waals surface area contributed by atoms with Gasteiger partial charge in [0.1, 0.15) is 0 Å². The van der Waals surface area contributed by atoms with Crippen LogP contribution < -0.4 is 5.32 Å². The molecule has 0 aliphatic heterocycles. The van der Waals surface area contributed by atoms with Gasteiger partial charge in [-0.3, -0.25) is 0 Å². The molecule has 2 aromatic carbocycles. The third-order valence-corrected chi connectivity index (χ3v) is 4.08. The van der Waals surface area contributed by atoms with E-state index in [2.05, 4.69) is 21.2 Å². The van der Waals surface area contributed by atoms with E-state index in [1.54, 1.807) is 0 Å². The van der Waals surface area contributed by atoms with Crippen LogP contribution in [0, 0.1) is 0 Å². The van der Waals surface area contributed by atoms with Crippen LogP contribution in [-0.4, -0.2) is 5.11 Å². The molecule has 0 radical (unpaired) electrons. The van der Waals surface area contributed by atoms with E-state index in [0.717, 1.165) is 33.7 Å². The summed E-state index contributed by atoms with van der Waals surface area (Å²) < 4.78 is 0.914. The Balaban J connectivity index is 1.86. The van der Waals surface area contributed by atoms with E-state index in [4.69, 9.17) is 16.7 Å². The predicted octanol–water partition coefficient (Wildman–Crippen LogP) is 3.88. The zero-order chi connectivity index (χ0) is 13.7. The molecule has 0 heterocycles. The van der Waals surface area contributed by atoms with Crippen molar-refractivity contribution in [3.63, 3.8) is 0 Å². The molecule has 0 unspecified atom stereocenters. The third-order valence-electron chi connectivity index (χ3n) is 2.85. The Morgan fingerprint density at radius 3 is 2.16 bits per heavy atom. The summed E-state index contributed by atoms with van der Waals surface area (Å²) in [4.78, 5) is 0. The number of nitrogens with one attached hydrogen (secondary N) is 1. The molecule has 0 atom stereocenters. The molecule has 0 aliphatic carbocycles. The van der Waals surface area contributed by atoms with Crippen LogP contribution in [0.15, 0.2) is 46.9 Å². The standard InChI is InChI=1S/C15H15BrClNO/c16-14-6-5-13(7-15(14)17)9-18-8-11-1-3-12(10-19)4-2-11/h1-7,18-19H,8-10H2. The zero-order valence-corrected chi connectivity index (χ0v) is 12.7. The minimum atomic E-state index is 0.0884. The molecule has 0 amide bonds. The molecule has 2 rings (SSSR count). The average molecular weight is 341 g/mol. The topological polar surface area (TPSA) is 32.3 Å². The average Bonchev–Trinajstić information content (AvgIpc) is 2.43. The van der Waals surface area contributed by atoms with Crippen molar-refractivity contribution in [1.82, 2.24) is 5.32 Å². The van der Waals surface area contributed by atoms with Crippen LogP contribution >= 0.6 is 27.5 Å². The monoisotopic (exact) mass is 339 g/mol. The van der Waals surface area contributed by atoms with Crippen molar-refractivity contribution in [2.75, 3.05) is 0 Å². The molecule has 2 N–H and O–H groups in total. The van der Waals surface area contributed by atoms with Gasteiger partial charge < -0.3 is 10.4 Å². The van der Waals surface area contributed by atoms with E-state index in [1.165, 1.54) is 5.56 Å². The van der Waals surface area contributed by atoms with Crippen molar-refractivity contribution in [2.24, 2.45) is 0 Å². The summed E-state index contributed by atoms with van der Waals surface area (Å²) in [5.41, 5.74) is 3.28. The van der Waals surface area contributed by atoms with Crippen molar-refractivity contribution in [1.29, 1.82) is 0 Å². The fraction of sp³-hybridized carbons (Fsp3) is 0.200. The molecular weight excluding hydrogens is 326 g/mol. The Morgan fingerprint density at radius 2 is 1.53 bits per heavy atom. The molecule has 100 valence electrons. The molecular formula is C15H15BrClNO. The van der Waals surface area contributed by atoms with Crippen LogP contribution in [0.25, 0.3) is 0 Å². The lowest BCUT2D eigenvalue weighted by molar-refractivity contribution is 0.282. The third kappa shape index (κ3) is 4.32. The van der Waals surface area contributed by atoms with Crippen molar-refractivity contribution in [3.8, 4) is 0 Å². The van der Waals surface area contributed by atoms with Crippen molar-refractivity contribution in [2.45, 2.75) is 19.7 Å². The van der Waals surface area contributed by atoms with Crippen LogP contribution in [0.1, 0.15) is 16.7 Å². The van der Waals surface area contributed by atoms with E-state index >= 15 is 0 Å². The highest BCUT2D eigenvalue weighted by atomic mass is 79.9. The van der Waals surface area contributed by atoms with E-state index < -0.39 is 0 Å². The van der Waals surface area contributed by atoms with Gasteiger partial charge in [-0.25, -0.2) is 0 Å². The highest BCUT2D eigenvalue weighted by molar-refractivity contribution is 9.10. The number of hydrogen-bond donors (Lipinski definition) is 2. The van der Waals surface area contributed by atoms with Crippen LogP contribution in [0.4, 0.5) is 0 Å². The first-order valence-electron chi connectivity index (χ1n) is 6.02. The second kappa shape index (κ2) is 7.06. The van der Waals surface area contributed by atoms with Gasteiger partial charge in [0, 0.05) is 17.6 Å². The van der Waals surface area contributed by atoms with Crippen LogP contribution in [-0.2, 0) is 19.7 Å². The van der Waals surface area contributed by atoms with E-state index in [9.17, 15) is 0 Å². The summed E-state index contributed by atoms with van der Waals surface area (Å²) in [6, 6.07) is 13.9. The maximum atomic E-state index is 8.97. The van der Waals surface area contributed by atoms with Gasteiger partial charge >= 0.3 is 0 Å². The van der Waals surface area contributed by atoms with Gasteiger partial charge in [-0.2, -0.15) is 0 Å². The normalized spacial score (nSPS) is 10.7. The fourth-order valence-electron chi connectivity index (χ4n) is 1.76. The second-order valence-electron chi connectivity index (χ2n) is 4.33. The molecule has 19 heavy (non-hydrogen) atoms. The van der Waals surface area contributed by atoms with E-state index in [-0.39, 0.29) is 6.61 Å². The summed E-state index contributed by atoms with van der Waals surface area (Å²) >= 11 is 9.42. The highest BCUT2D eigenvalue weighted by Gasteiger charge is 1.99. The van der Waals surface area contributed by atoms with E-state index in [1.807, 2.05) is 42.5 Å². The molecule has 0 spiro atoms. The number of hydrogen-bond acceptors (Lipinski definition) is 2.